The van der Waals surface area contributed by atoms with Crippen LogP contribution in [0, 0.1) is 6.92 Å². The molecule has 3 heterocycles. The molecule has 1 fully saturated rings. The molecule has 0 spiro atoms. The summed E-state index contributed by atoms with van der Waals surface area (Å²) in [5.41, 5.74) is 2.13. The summed E-state index contributed by atoms with van der Waals surface area (Å²) in [6.07, 6.45) is 9.52. The number of nitrogens with zero attached hydrogens (tertiary/aromatic N) is 5. The first-order valence-corrected chi connectivity index (χ1v) is 6.61. The Morgan fingerprint density at radius 3 is 3.00 bits per heavy atom. The van der Waals surface area contributed by atoms with Crippen LogP contribution in [-0.4, -0.2) is 31.4 Å². The summed E-state index contributed by atoms with van der Waals surface area (Å²) in [6, 6.07) is 2.35. The predicted octanol–water partition coefficient (Wildman–Crippen LogP) is 1.91. The zero-order valence-electron chi connectivity index (χ0n) is 11.0. The fourth-order valence-electron chi connectivity index (χ4n) is 2.63. The van der Waals surface area contributed by atoms with E-state index in [2.05, 4.69) is 24.8 Å². The van der Waals surface area contributed by atoms with Gasteiger partial charge in [0, 0.05) is 31.3 Å². The van der Waals surface area contributed by atoms with Gasteiger partial charge in [-0.25, -0.2) is 9.97 Å². The van der Waals surface area contributed by atoms with E-state index in [1.54, 1.807) is 12.4 Å². The van der Waals surface area contributed by atoms with Gasteiger partial charge in [0.25, 0.3) is 0 Å². The topological polar surface area (TPSA) is 54.8 Å². The molecule has 0 radical (unpaired) electrons. The van der Waals surface area contributed by atoms with Crippen LogP contribution >= 0.6 is 0 Å². The largest absolute Gasteiger partial charge is 0.289 e. The molecule has 0 bridgehead atoms. The molecule has 1 atom stereocenters. The molecule has 2 aromatic heterocycles. The molecular formula is C14H17N5. The third-order valence-corrected chi connectivity index (χ3v) is 3.49. The molecule has 0 aromatic carbocycles. The van der Waals surface area contributed by atoms with Crippen molar-refractivity contribution >= 4 is 0 Å². The summed E-state index contributed by atoms with van der Waals surface area (Å²) in [5.74, 6) is 0.827. The normalized spacial score (nSPS) is 19.7. The summed E-state index contributed by atoms with van der Waals surface area (Å²) in [5, 5.41) is 0. The standard InChI is InChI=1S/C14H17N5/c1-11-16-5-4-12(18-11)10-19-8-2-3-14(19)13-9-15-6-7-17-13/h4-7,9,14H,2-3,8,10H2,1H3. The zero-order valence-corrected chi connectivity index (χ0v) is 11.0. The minimum absolute atomic E-state index is 0.365. The highest BCUT2D eigenvalue weighted by Crippen LogP contribution is 2.31. The Morgan fingerprint density at radius 1 is 1.26 bits per heavy atom. The van der Waals surface area contributed by atoms with Crippen molar-refractivity contribution in [3.8, 4) is 0 Å². The van der Waals surface area contributed by atoms with Crippen molar-refractivity contribution in [2.45, 2.75) is 32.4 Å². The van der Waals surface area contributed by atoms with Crippen molar-refractivity contribution in [1.29, 1.82) is 0 Å². The van der Waals surface area contributed by atoms with E-state index in [1.165, 1.54) is 6.42 Å². The summed E-state index contributed by atoms with van der Waals surface area (Å²) < 4.78 is 0. The number of rotatable bonds is 3. The average molecular weight is 255 g/mol. The minimum Gasteiger partial charge on any atom is -0.289 e. The quantitative estimate of drug-likeness (QED) is 0.838. The highest BCUT2D eigenvalue weighted by atomic mass is 15.2. The molecule has 1 aliphatic heterocycles. The number of aryl methyl sites for hydroxylation is 1. The van der Waals surface area contributed by atoms with Crippen LogP contribution in [0.25, 0.3) is 0 Å². The molecule has 19 heavy (non-hydrogen) atoms. The highest BCUT2D eigenvalue weighted by molar-refractivity contribution is 5.08. The maximum absolute atomic E-state index is 4.48. The fraction of sp³-hybridized carbons (Fsp3) is 0.429. The molecule has 1 aliphatic rings. The van der Waals surface area contributed by atoms with Crippen molar-refractivity contribution in [2.24, 2.45) is 0 Å². The minimum atomic E-state index is 0.365. The Morgan fingerprint density at radius 2 is 2.21 bits per heavy atom. The van der Waals surface area contributed by atoms with Gasteiger partial charge in [0.05, 0.1) is 17.4 Å². The van der Waals surface area contributed by atoms with Crippen LogP contribution in [-0.2, 0) is 6.54 Å². The molecule has 1 saturated heterocycles. The first-order chi connectivity index (χ1) is 9.33. The molecule has 0 N–H and O–H groups in total. The lowest BCUT2D eigenvalue weighted by molar-refractivity contribution is 0.241. The number of aromatic nitrogens is 4. The maximum atomic E-state index is 4.48. The van der Waals surface area contributed by atoms with E-state index in [0.717, 1.165) is 36.7 Å². The molecule has 5 nitrogen and oxygen atoms in total. The lowest BCUT2D eigenvalue weighted by atomic mass is 10.1. The Bertz CT molecular complexity index is 543. The molecule has 1 unspecified atom stereocenters. The lowest BCUT2D eigenvalue weighted by Crippen LogP contribution is -2.24. The van der Waals surface area contributed by atoms with Crippen LogP contribution in [0.5, 0.6) is 0 Å². The third kappa shape index (κ3) is 2.76. The number of likely N-dealkylation sites (tertiary alicyclic amines) is 1. The summed E-state index contributed by atoms with van der Waals surface area (Å²) in [7, 11) is 0. The monoisotopic (exact) mass is 255 g/mol. The van der Waals surface area contributed by atoms with Crippen molar-refractivity contribution < 1.29 is 0 Å². The highest BCUT2D eigenvalue weighted by Gasteiger charge is 2.27. The number of hydrogen-bond donors (Lipinski definition) is 0. The second-order valence-electron chi connectivity index (χ2n) is 4.85. The van der Waals surface area contributed by atoms with Gasteiger partial charge in [0.2, 0.25) is 0 Å². The van der Waals surface area contributed by atoms with Crippen LogP contribution in [0.4, 0.5) is 0 Å². The van der Waals surface area contributed by atoms with E-state index >= 15 is 0 Å². The van der Waals surface area contributed by atoms with Gasteiger partial charge in [0.1, 0.15) is 5.82 Å². The summed E-state index contributed by atoms with van der Waals surface area (Å²) in [4.78, 5) is 19.6. The fourth-order valence-corrected chi connectivity index (χ4v) is 2.63. The Hall–Kier alpha value is -1.88. The average Bonchev–Trinajstić information content (AvgIpc) is 2.88. The summed E-state index contributed by atoms with van der Waals surface area (Å²) >= 11 is 0. The molecule has 98 valence electrons. The lowest BCUT2D eigenvalue weighted by Gasteiger charge is -2.23. The molecular weight excluding hydrogens is 238 g/mol. The molecule has 0 saturated carbocycles. The van der Waals surface area contributed by atoms with Gasteiger partial charge in [0.15, 0.2) is 0 Å². The maximum Gasteiger partial charge on any atom is 0.125 e. The molecule has 0 amide bonds. The van der Waals surface area contributed by atoms with E-state index < -0.39 is 0 Å². The van der Waals surface area contributed by atoms with E-state index in [-0.39, 0.29) is 0 Å². The van der Waals surface area contributed by atoms with Crippen LogP contribution in [0.15, 0.2) is 30.9 Å². The van der Waals surface area contributed by atoms with Crippen molar-refractivity contribution in [2.75, 3.05) is 6.54 Å². The summed E-state index contributed by atoms with van der Waals surface area (Å²) in [6.45, 7) is 3.86. The van der Waals surface area contributed by atoms with Crippen molar-refractivity contribution in [1.82, 2.24) is 24.8 Å². The molecule has 0 aliphatic carbocycles. The van der Waals surface area contributed by atoms with Gasteiger partial charge in [-0.2, -0.15) is 0 Å². The van der Waals surface area contributed by atoms with Gasteiger partial charge in [-0.15, -0.1) is 0 Å². The first-order valence-electron chi connectivity index (χ1n) is 6.61. The third-order valence-electron chi connectivity index (χ3n) is 3.49. The van der Waals surface area contributed by atoms with E-state index in [1.807, 2.05) is 25.4 Å². The van der Waals surface area contributed by atoms with E-state index in [4.69, 9.17) is 0 Å². The van der Waals surface area contributed by atoms with Gasteiger partial charge >= 0.3 is 0 Å². The second-order valence-corrected chi connectivity index (χ2v) is 4.85. The molecule has 3 rings (SSSR count). The van der Waals surface area contributed by atoms with Gasteiger partial charge < -0.3 is 0 Å². The van der Waals surface area contributed by atoms with Gasteiger partial charge in [-0.05, 0) is 32.4 Å². The van der Waals surface area contributed by atoms with Crippen LogP contribution in [0.1, 0.15) is 36.1 Å². The Labute approximate surface area is 112 Å². The van der Waals surface area contributed by atoms with Crippen molar-refractivity contribution in [3.63, 3.8) is 0 Å². The first kappa shape index (κ1) is 12.2. The second kappa shape index (κ2) is 5.40. The smallest absolute Gasteiger partial charge is 0.125 e. The zero-order chi connectivity index (χ0) is 13.1. The Kier molecular flexibility index (Phi) is 3.46. The molecule has 5 heteroatoms. The van der Waals surface area contributed by atoms with E-state index in [9.17, 15) is 0 Å². The molecule has 2 aromatic rings. The Balaban J connectivity index is 1.77. The van der Waals surface area contributed by atoms with Crippen molar-refractivity contribution in [3.05, 3.63) is 48.1 Å². The number of hydrogen-bond acceptors (Lipinski definition) is 5. The van der Waals surface area contributed by atoms with Crippen LogP contribution in [0.3, 0.4) is 0 Å². The predicted molar refractivity (Wildman–Crippen MR) is 71.2 cm³/mol. The van der Waals surface area contributed by atoms with Crippen LogP contribution < -0.4 is 0 Å². The van der Waals surface area contributed by atoms with Gasteiger partial charge in [-0.1, -0.05) is 0 Å². The van der Waals surface area contributed by atoms with Gasteiger partial charge in [-0.3, -0.25) is 14.9 Å². The van der Waals surface area contributed by atoms with Crippen LogP contribution in [0.2, 0.25) is 0 Å². The SMILES string of the molecule is Cc1nccc(CN2CCCC2c2cnccn2)n1. The van der Waals surface area contributed by atoms with E-state index in [0.29, 0.717) is 6.04 Å².